The van der Waals surface area contributed by atoms with Crippen molar-refractivity contribution in [3.05, 3.63) is 0 Å². The highest BCUT2D eigenvalue weighted by Crippen LogP contribution is 2.56. The summed E-state index contributed by atoms with van der Waals surface area (Å²) in [5.41, 5.74) is 0. The first kappa shape index (κ1) is 10.2. The van der Waals surface area contributed by atoms with E-state index in [9.17, 15) is 17.6 Å². The van der Waals surface area contributed by atoms with Gasteiger partial charge in [0.1, 0.15) is 0 Å². The first-order chi connectivity index (χ1) is 6.33. The molecule has 0 spiro atoms. The van der Waals surface area contributed by atoms with E-state index in [0.29, 0.717) is 6.42 Å². The molecule has 2 rings (SSSR count). The molecular formula is C9H12F4O. The van der Waals surface area contributed by atoms with Crippen LogP contribution in [0.3, 0.4) is 0 Å². The Morgan fingerprint density at radius 1 is 1.00 bits per heavy atom. The van der Waals surface area contributed by atoms with Gasteiger partial charge in [0.05, 0.1) is 11.8 Å². The average Bonchev–Trinajstić information content (AvgIpc) is 2.17. The van der Waals surface area contributed by atoms with Gasteiger partial charge < -0.3 is 0 Å². The Balaban J connectivity index is 2.24. The summed E-state index contributed by atoms with van der Waals surface area (Å²) in [7, 11) is 0. The van der Waals surface area contributed by atoms with Crippen molar-refractivity contribution >= 4 is 0 Å². The fraction of sp³-hybridized carbons (Fsp3) is 1.00. The molecule has 1 heterocycles. The molecule has 1 aliphatic heterocycles. The number of halogens is 4. The summed E-state index contributed by atoms with van der Waals surface area (Å²) in [4.78, 5) is 0. The number of fused-ring (bicyclic) bond motifs is 1. The molecule has 0 N–H and O–H groups in total. The second-order valence-corrected chi connectivity index (χ2v) is 4.36. The van der Waals surface area contributed by atoms with E-state index in [1.807, 2.05) is 6.92 Å². The van der Waals surface area contributed by atoms with Crippen LogP contribution in [0.15, 0.2) is 0 Å². The molecule has 2 fully saturated rings. The topological polar surface area (TPSA) is 9.23 Å². The van der Waals surface area contributed by atoms with E-state index < -0.39 is 24.1 Å². The minimum atomic E-state index is -3.65. The minimum Gasteiger partial charge on any atom is -0.255 e. The molecule has 2 aliphatic rings. The van der Waals surface area contributed by atoms with E-state index in [1.165, 1.54) is 0 Å². The highest BCUT2D eigenvalue weighted by atomic mass is 19.3. The third kappa shape index (κ3) is 1.42. The smallest absolute Gasteiger partial charge is 0.255 e. The van der Waals surface area contributed by atoms with Crippen molar-refractivity contribution in [3.63, 3.8) is 0 Å². The molecule has 3 unspecified atom stereocenters. The van der Waals surface area contributed by atoms with Gasteiger partial charge in [0.25, 0.3) is 0 Å². The quantitative estimate of drug-likeness (QED) is 0.560. The van der Waals surface area contributed by atoms with E-state index in [0.717, 1.165) is 0 Å². The van der Waals surface area contributed by atoms with Crippen molar-refractivity contribution in [3.8, 4) is 0 Å². The van der Waals surface area contributed by atoms with Gasteiger partial charge in [-0.05, 0) is 18.8 Å². The van der Waals surface area contributed by atoms with E-state index >= 15 is 0 Å². The molecule has 1 nitrogen and oxygen atoms in total. The Hall–Kier alpha value is -0.320. The lowest BCUT2D eigenvalue weighted by atomic mass is 9.75. The van der Waals surface area contributed by atoms with Crippen LogP contribution >= 0.6 is 0 Å². The SMILES string of the molecule is CC1CCC2C(C1)C(F)(F)OC2(F)F. The Morgan fingerprint density at radius 3 is 2.21 bits per heavy atom. The minimum absolute atomic E-state index is 0.0830. The van der Waals surface area contributed by atoms with Crippen molar-refractivity contribution in [2.75, 3.05) is 0 Å². The lowest BCUT2D eigenvalue weighted by Crippen LogP contribution is -2.33. The van der Waals surface area contributed by atoms with E-state index in [1.54, 1.807) is 0 Å². The second-order valence-electron chi connectivity index (χ2n) is 4.36. The van der Waals surface area contributed by atoms with Crippen molar-refractivity contribution in [2.45, 2.75) is 38.4 Å². The van der Waals surface area contributed by atoms with Crippen molar-refractivity contribution < 1.29 is 22.3 Å². The Morgan fingerprint density at radius 2 is 1.57 bits per heavy atom. The molecule has 0 bridgehead atoms. The maximum atomic E-state index is 13.0. The Kier molecular flexibility index (Phi) is 2.07. The molecule has 14 heavy (non-hydrogen) atoms. The Labute approximate surface area is 79.4 Å². The lowest BCUT2D eigenvalue weighted by molar-refractivity contribution is -0.341. The summed E-state index contributed by atoms with van der Waals surface area (Å²) in [5.74, 6) is -2.52. The highest BCUT2D eigenvalue weighted by Gasteiger charge is 2.67. The molecule has 0 aromatic carbocycles. The fourth-order valence-corrected chi connectivity index (χ4v) is 2.49. The Bertz CT molecular complexity index is 241. The molecule has 3 atom stereocenters. The van der Waals surface area contributed by atoms with Crippen LogP contribution < -0.4 is 0 Å². The third-order valence-electron chi connectivity index (χ3n) is 3.25. The molecule has 0 radical (unpaired) electrons. The summed E-state index contributed by atoms with van der Waals surface area (Å²) < 4.78 is 55.7. The van der Waals surface area contributed by atoms with E-state index in [2.05, 4.69) is 4.74 Å². The summed E-state index contributed by atoms with van der Waals surface area (Å²) in [6.45, 7) is 1.81. The van der Waals surface area contributed by atoms with Crippen molar-refractivity contribution in [2.24, 2.45) is 17.8 Å². The summed E-state index contributed by atoms with van der Waals surface area (Å²) in [6.07, 6.45) is -6.45. The van der Waals surface area contributed by atoms with Crippen molar-refractivity contribution in [1.82, 2.24) is 0 Å². The molecule has 0 aromatic heterocycles. The zero-order valence-electron chi connectivity index (χ0n) is 7.77. The number of alkyl halides is 4. The van der Waals surface area contributed by atoms with Crippen LogP contribution in [0.5, 0.6) is 0 Å². The summed E-state index contributed by atoms with van der Waals surface area (Å²) in [5, 5.41) is 0. The summed E-state index contributed by atoms with van der Waals surface area (Å²) in [6, 6.07) is 0. The molecule has 82 valence electrons. The molecular weight excluding hydrogens is 200 g/mol. The van der Waals surface area contributed by atoms with Crippen LogP contribution in [0.25, 0.3) is 0 Å². The predicted octanol–water partition coefficient (Wildman–Crippen LogP) is 3.25. The lowest BCUT2D eigenvalue weighted by Gasteiger charge is -2.30. The van der Waals surface area contributed by atoms with Gasteiger partial charge in [-0.15, -0.1) is 0 Å². The van der Waals surface area contributed by atoms with Gasteiger partial charge >= 0.3 is 12.2 Å². The van der Waals surface area contributed by atoms with Gasteiger partial charge in [-0.3, -0.25) is 4.74 Å². The van der Waals surface area contributed by atoms with Crippen LogP contribution in [-0.4, -0.2) is 12.2 Å². The van der Waals surface area contributed by atoms with Crippen LogP contribution in [-0.2, 0) is 4.74 Å². The zero-order chi connectivity index (χ0) is 10.6. The maximum Gasteiger partial charge on any atom is 0.363 e. The normalized spacial score (nSPS) is 44.8. The number of rotatable bonds is 0. The van der Waals surface area contributed by atoms with Crippen LogP contribution in [0, 0.1) is 17.8 Å². The van der Waals surface area contributed by atoms with Gasteiger partial charge in [0.2, 0.25) is 0 Å². The zero-order valence-corrected chi connectivity index (χ0v) is 7.77. The van der Waals surface area contributed by atoms with E-state index in [4.69, 9.17) is 0 Å². The van der Waals surface area contributed by atoms with Gasteiger partial charge in [0.15, 0.2) is 0 Å². The van der Waals surface area contributed by atoms with E-state index in [-0.39, 0.29) is 18.8 Å². The summed E-state index contributed by atoms with van der Waals surface area (Å²) >= 11 is 0. The number of hydrogen-bond donors (Lipinski definition) is 0. The highest BCUT2D eigenvalue weighted by molar-refractivity contribution is 4.93. The van der Waals surface area contributed by atoms with Gasteiger partial charge in [-0.2, -0.15) is 17.6 Å². The molecule has 1 saturated carbocycles. The molecule has 0 amide bonds. The third-order valence-corrected chi connectivity index (χ3v) is 3.25. The maximum absolute atomic E-state index is 13.0. The van der Waals surface area contributed by atoms with Gasteiger partial charge in [-0.25, -0.2) is 0 Å². The first-order valence-corrected chi connectivity index (χ1v) is 4.79. The van der Waals surface area contributed by atoms with Crippen molar-refractivity contribution in [1.29, 1.82) is 0 Å². The second kappa shape index (κ2) is 2.84. The standard InChI is InChI=1S/C9H12F4O/c1-5-2-3-6-7(4-5)9(12,13)14-8(6,10)11/h5-7H,2-4H2,1H3. The predicted molar refractivity (Wildman–Crippen MR) is 41.0 cm³/mol. The van der Waals surface area contributed by atoms with Crippen LogP contribution in [0.2, 0.25) is 0 Å². The molecule has 5 heteroatoms. The molecule has 1 aliphatic carbocycles. The van der Waals surface area contributed by atoms with Gasteiger partial charge in [-0.1, -0.05) is 13.3 Å². The van der Waals surface area contributed by atoms with Gasteiger partial charge in [0, 0.05) is 0 Å². The molecule has 0 aromatic rings. The monoisotopic (exact) mass is 212 g/mol. The number of ether oxygens (including phenoxy) is 1. The molecule has 1 saturated heterocycles. The van der Waals surface area contributed by atoms with Crippen LogP contribution in [0.4, 0.5) is 17.6 Å². The average molecular weight is 212 g/mol. The number of hydrogen-bond acceptors (Lipinski definition) is 1. The largest absolute Gasteiger partial charge is 0.363 e. The van der Waals surface area contributed by atoms with Crippen LogP contribution in [0.1, 0.15) is 26.2 Å². The fourth-order valence-electron chi connectivity index (χ4n) is 2.49. The first-order valence-electron chi connectivity index (χ1n) is 4.79.